The fourth-order valence-electron chi connectivity index (χ4n) is 3.77. The molecule has 0 saturated heterocycles. The average Bonchev–Trinajstić information content (AvgIpc) is 3.38. The lowest BCUT2D eigenvalue weighted by atomic mass is 9.99. The number of carbonyl (C=O) groups is 1. The zero-order valence-corrected chi connectivity index (χ0v) is 20.1. The first-order chi connectivity index (χ1) is 15.4. The molecule has 2 aromatic rings. The molecule has 7 nitrogen and oxygen atoms in total. The summed E-state index contributed by atoms with van der Waals surface area (Å²) in [5, 5.41) is 2.89. The van der Waals surface area contributed by atoms with E-state index in [4.69, 9.17) is 13.7 Å². The Balaban J connectivity index is 1.86. The first kappa shape index (κ1) is 25.0. The van der Waals surface area contributed by atoms with E-state index >= 15 is 0 Å². The summed E-state index contributed by atoms with van der Waals surface area (Å²) in [6.45, 7) is 5.47. The number of benzene rings is 2. The van der Waals surface area contributed by atoms with Gasteiger partial charge in [-0.25, -0.2) is 9.18 Å². The first-order valence-electron chi connectivity index (χ1n) is 10.7. The summed E-state index contributed by atoms with van der Waals surface area (Å²) in [4.78, 5) is 12.6. The Bertz CT molecular complexity index is 1080. The van der Waals surface area contributed by atoms with Crippen molar-refractivity contribution in [1.29, 1.82) is 0 Å². The number of alkyl carbamates (subject to hydrolysis) is 1. The molecular weight excluding hydrogens is 449 g/mol. The van der Waals surface area contributed by atoms with Crippen LogP contribution in [0.15, 0.2) is 48.5 Å². The monoisotopic (exact) mass is 479 g/mol. The lowest BCUT2D eigenvalue weighted by Crippen LogP contribution is -2.40. The Kier molecular flexibility index (Phi) is 7.33. The molecule has 1 amide bonds. The summed E-state index contributed by atoms with van der Waals surface area (Å²) in [7, 11) is -3.59. The molecule has 1 aliphatic carbocycles. The van der Waals surface area contributed by atoms with Gasteiger partial charge in [0.1, 0.15) is 23.8 Å². The van der Waals surface area contributed by atoms with E-state index in [1.54, 1.807) is 20.8 Å². The summed E-state index contributed by atoms with van der Waals surface area (Å²) in [5.41, 5.74) is -0.259. The van der Waals surface area contributed by atoms with Crippen molar-refractivity contribution < 1.29 is 31.3 Å². The van der Waals surface area contributed by atoms with Crippen molar-refractivity contribution >= 4 is 16.2 Å². The summed E-state index contributed by atoms with van der Waals surface area (Å²) >= 11 is 0. The van der Waals surface area contributed by atoms with Crippen molar-refractivity contribution in [3.05, 3.63) is 65.5 Å². The van der Waals surface area contributed by atoms with Crippen molar-refractivity contribution in [2.75, 3.05) is 12.9 Å². The Hall–Kier alpha value is -2.65. The number of hydrogen-bond acceptors (Lipinski definition) is 6. The maximum Gasteiger partial charge on any atom is 0.408 e. The number of nitrogens with one attached hydrogen (secondary N) is 1. The van der Waals surface area contributed by atoms with Crippen molar-refractivity contribution in [3.8, 4) is 5.75 Å². The fraction of sp³-hybridized carbons (Fsp3) is 0.458. The summed E-state index contributed by atoms with van der Waals surface area (Å²) in [6, 6.07) is 13.7. The van der Waals surface area contributed by atoms with Crippen LogP contribution in [0.2, 0.25) is 0 Å². The zero-order chi connectivity index (χ0) is 24.3. The van der Waals surface area contributed by atoms with Crippen LogP contribution in [0.5, 0.6) is 5.75 Å². The number of rotatable bonds is 9. The van der Waals surface area contributed by atoms with Gasteiger partial charge in [0.05, 0.1) is 18.4 Å². The van der Waals surface area contributed by atoms with Crippen LogP contribution < -0.4 is 10.1 Å². The lowest BCUT2D eigenvalue weighted by molar-refractivity contribution is 0.0486. The van der Waals surface area contributed by atoms with Crippen LogP contribution >= 0.6 is 0 Å². The van der Waals surface area contributed by atoms with Gasteiger partial charge in [0, 0.05) is 5.56 Å². The second kappa shape index (κ2) is 9.69. The third-order valence-corrected chi connectivity index (χ3v) is 5.85. The maximum atomic E-state index is 14.3. The van der Waals surface area contributed by atoms with E-state index < -0.39 is 33.2 Å². The van der Waals surface area contributed by atoms with Gasteiger partial charge in [0.2, 0.25) is 0 Å². The Morgan fingerprint density at radius 1 is 1.18 bits per heavy atom. The third-order valence-electron chi connectivity index (χ3n) is 5.25. The van der Waals surface area contributed by atoms with Crippen molar-refractivity contribution in [2.24, 2.45) is 5.92 Å². The van der Waals surface area contributed by atoms with Crippen LogP contribution in [0.25, 0.3) is 0 Å². The van der Waals surface area contributed by atoms with E-state index in [9.17, 15) is 17.6 Å². The Labute approximate surface area is 194 Å². The minimum Gasteiger partial charge on any atom is -0.489 e. The zero-order valence-electron chi connectivity index (χ0n) is 19.3. The standard InChI is InChI=1S/C24H30FNO6S/c1-23(2,3)32-22(27)26-24(15-18(24)12-13-31-33(4,28)29)20-14-19(25)10-11-21(20)30-16-17-8-6-5-7-9-17/h5-11,14,18H,12-13,15-16H2,1-4H3,(H,26,27). The summed E-state index contributed by atoms with van der Waals surface area (Å²) in [5.74, 6) is -0.226. The highest BCUT2D eigenvalue weighted by Crippen LogP contribution is 2.56. The maximum absolute atomic E-state index is 14.3. The molecule has 3 rings (SSSR count). The molecule has 2 unspecified atom stereocenters. The van der Waals surface area contributed by atoms with Gasteiger partial charge in [0.25, 0.3) is 10.1 Å². The van der Waals surface area contributed by atoms with Gasteiger partial charge in [-0.2, -0.15) is 8.42 Å². The van der Waals surface area contributed by atoms with Crippen molar-refractivity contribution in [1.82, 2.24) is 5.32 Å². The van der Waals surface area contributed by atoms with Gasteiger partial charge >= 0.3 is 6.09 Å². The molecular formula is C24H30FNO6S. The van der Waals surface area contributed by atoms with Crippen LogP contribution in [0, 0.1) is 11.7 Å². The van der Waals surface area contributed by atoms with E-state index in [-0.39, 0.29) is 19.1 Å². The number of halogens is 1. The molecule has 9 heteroatoms. The van der Waals surface area contributed by atoms with E-state index in [2.05, 4.69) is 5.32 Å². The Morgan fingerprint density at radius 2 is 1.88 bits per heavy atom. The minimum atomic E-state index is -3.59. The number of ether oxygens (including phenoxy) is 2. The highest BCUT2D eigenvalue weighted by molar-refractivity contribution is 7.85. The molecule has 2 aromatic carbocycles. The molecule has 1 aliphatic rings. The lowest BCUT2D eigenvalue weighted by Gasteiger charge is -2.26. The molecule has 1 fully saturated rings. The van der Waals surface area contributed by atoms with Crippen molar-refractivity contribution in [2.45, 2.75) is 51.4 Å². The SMILES string of the molecule is CC(C)(C)OC(=O)NC1(c2cc(F)ccc2OCc2ccccc2)CC1CCOS(C)(=O)=O. The molecule has 0 radical (unpaired) electrons. The van der Waals surface area contributed by atoms with Crippen molar-refractivity contribution in [3.63, 3.8) is 0 Å². The highest BCUT2D eigenvalue weighted by Gasteiger charge is 2.58. The van der Waals surface area contributed by atoms with Gasteiger partial charge in [-0.3, -0.25) is 4.18 Å². The largest absolute Gasteiger partial charge is 0.489 e. The second-order valence-corrected chi connectivity index (χ2v) is 10.9. The van der Waals surface area contributed by atoms with Gasteiger partial charge in [-0.15, -0.1) is 0 Å². The normalized spacial score (nSPS) is 20.2. The quantitative estimate of drug-likeness (QED) is 0.532. The highest BCUT2D eigenvalue weighted by atomic mass is 32.2. The molecule has 180 valence electrons. The van der Waals surface area contributed by atoms with E-state index in [0.29, 0.717) is 24.2 Å². The van der Waals surface area contributed by atoms with E-state index in [1.165, 1.54) is 18.2 Å². The topological polar surface area (TPSA) is 90.9 Å². The van der Waals surface area contributed by atoms with Crippen LogP contribution in [0.3, 0.4) is 0 Å². The van der Waals surface area contributed by atoms with Crippen LogP contribution in [0.1, 0.15) is 44.7 Å². The van der Waals surface area contributed by atoms with Crippen LogP contribution in [-0.4, -0.2) is 33.0 Å². The summed E-state index contributed by atoms with van der Waals surface area (Å²) in [6.07, 6.45) is 1.14. The van der Waals surface area contributed by atoms with Gasteiger partial charge in [-0.05, 0) is 63.3 Å². The summed E-state index contributed by atoms with van der Waals surface area (Å²) < 4.78 is 53.3. The van der Waals surface area contributed by atoms with Crippen LogP contribution in [0.4, 0.5) is 9.18 Å². The van der Waals surface area contributed by atoms with Gasteiger partial charge in [0.15, 0.2) is 0 Å². The van der Waals surface area contributed by atoms with Crippen LogP contribution in [-0.2, 0) is 31.2 Å². The molecule has 0 aliphatic heterocycles. The number of carbonyl (C=O) groups excluding carboxylic acids is 1. The molecule has 2 atom stereocenters. The molecule has 0 bridgehead atoms. The number of hydrogen-bond donors (Lipinski definition) is 1. The average molecular weight is 480 g/mol. The number of amides is 1. The predicted octanol–water partition coefficient (Wildman–Crippen LogP) is 4.51. The smallest absolute Gasteiger partial charge is 0.408 e. The molecule has 0 aromatic heterocycles. The van der Waals surface area contributed by atoms with E-state index in [0.717, 1.165) is 11.8 Å². The molecule has 1 saturated carbocycles. The first-order valence-corrected chi connectivity index (χ1v) is 12.5. The fourth-order valence-corrected chi connectivity index (χ4v) is 4.17. The third kappa shape index (κ3) is 7.17. The van der Waals surface area contributed by atoms with Gasteiger partial charge in [-0.1, -0.05) is 30.3 Å². The predicted molar refractivity (Wildman–Crippen MR) is 122 cm³/mol. The van der Waals surface area contributed by atoms with E-state index in [1.807, 2.05) is 30.3 Å². The second-order valence-electron chi connectivity index (χ2n) is 9.23. The molecule has 0 heterocycles. The minimum absolute atomic E-state index is 0.0449. The Morgan fingerprint density at radius 3 is 2.52 bits per heavy atom. The molecule has 1 N–H and O–H groups in total. The van der Waals surface area contributed by atoms with Gasteiger partial charge < -0.3 is 14.8 Å². The molecule has 33 heavy (non-hydrogen) atoms. The molecule has 0 spiro atoms.